The van der Waals surface area contributed by atoms with Crippen molar-refractivity contribution in [2.45, 2.75) is 38.6 Å². The van der Waals surface area contributed by atoms with Crippen LogP contribution in [0, 0.1) is 11.3 Å². The molecule has 0 unspecified atom stereocenters. The Labute approximate surface area is 186 Å². The number of primary amides is 1. The summed E-state index contributed by atoms with van der Waals surface area (Å²) in [7, 11) is 0. The largest absolute Gasteiger partial charge is 0.372 e. The maximum Gasteiger partial charge on any atom is 0.268 e. The molecule has 7 heteroatoms. The number of carbonyl (C=O) groups excluding carboxylic acids is 1. The molecule has 0 aliphatic carbocycles. The van der Waals surface area contributed by atoms with Gasteiger partial charge in [-0.3, -0.25) is 4.79 Å². The van der Waals surface area contributed by atoms with Crippen LogP contribution in [0.15, 0.2) is 73.3 Å². The Morgan fingerprint density at radius 3 is 2.66 bits per heavy atom. The molecular weight excluding hydrogens is 402 g/mol. The number of benzene rings is 2. The van der Waals surface area contributed by atoms with E-state index in [4.69, 9.17) is 10.5 Å². The molecule has 2 aromatic carbocycles. The van der Waals surface area contributed by atoms with Crippen LogP contribution in [0.1, 0.15) is 34.5 Å². The van der Waals surface area contributed by atoms with Crippen LogP contribution in [0.5, 0.6) is 0 Å². The van der Waals surface area contributed by atoms with Crippen molar-refractivity contribution in [3.05, 3.63) is 90.1 Å². The topological polar surface area (TPSA) is 98.9 Å². The van der Waals surface area contributed by atoms with Gasteiger partial charge >= 0.3 is 0 Å². The predicted molar refractivity (Wildman–Crippen MR) is 122 cm³/mol. The summed E-state index contributed by atoms with van der Waals surface area (Å²) in [4.78, 5) is 15.4. The van der Waals surface area contributed by atoms with Crippen molar-refractivity contribution in [1.29, 1.82) is 5.26 Å². The molecule has 0 saturated carbocycles. The van der Waals surface area contributed by atoms with Crippen molar-refractivity contribution < 1.29 is 9.53 Å². The van der Waals surface area contributed by atoms with Crippen molar-refractivity contribution in [3.63, 3.8) is 0 Å². The third kappa shape index (κ3) is 5.05. The summed E-state index contributed by atoms with van der Waals surface area (Å²) in [5.74, 6) is -0.543. The molecule has 0 saturated heterocycles. The average Bonchev–Trinajstić information content (AvgIpc) is 3.43. The van der Waals surface area contributed by atoms with Crippen molar-refractivity contribution >= 4 is 16.8 Å². The minimum absolute atomic E-state index is 0.0672. The number of amides is 1. The van der Waals surface area contributed by atoms with Crippen LogP contribution in [0.2, 0.25) is 0 Å². The monoisotopic (exact) mass is 427 g/mol. The summed E-state index contributed by atoms with van der Waals surface area (Å²) in [6.45, 7) is 1.86. The smallest absolute Gasteiger partial charge is 0.268 e. The van der Waals surface area contributed by atoms with Gasteiger partial charge in [-0.25, -0.2) is 4.98 Å². The molecule has 1 amide bonds. The molecule has 32 heavy (non-hydrogen) atoms. The number of ether oxygens (including phenoxy) is 1. The van der Waals surface area contributed by atoms with Crippen molar-refractivity contribution in [3.8, 4) is 6.07 Å². The van der Waals surface area contributed by atoms with E-state index in [1.54, 1.807) is 12.5 Å². The molecule has 2 aromatic heterocycles. The first-order valence-corrected chi connectivity index (χ1v) is 10.6. The van der Waals surface area contributed by atoms with Gasteiger partial charge in [0, 0.05) is 36.4 Å². The Balaban J connectivity index is 1.43. The summed E-state index contributed by atoms with van der Waals surface area (Å²) in [6.07, 6.45) is 6.80. The lowest BCUT2D eigenvalue weighted by Crippen LogP contribution is -2.20. The highest BCUT2D eigenvalue weighted by molar-refractivity contribution is 5.90. The second kappa shape index (κ2) is 9.94. The van der Waals surface area contributed by atoms with Crippen molar-refractivity contribution in [2.75, 3.05) is 0 Å². The van der Waals surface area contributed by atoms with Crippen LogP contribution in [-0.2, 0) is 24.4 Å². The van der Waals surface area contributed by atoms with Gasteiger partial charge in [0.1, 0.15) is 11.8 Å². The van der Waals surface area contributed by atoms with Crippen LogP contribution in [0.25, 0.3) is 10.9 Å². The van der Waals surface area contributed by atoms with Crippen molar-refractivity contribution in [1.82, 2.24) is 14.1 Å². The van der Waals surface area contributed by atoms with Crippen LogP contribution < -0.4 is 5.73 Å². The standard InChI is InChI=1S/C25H25N5O2/c26-13-20-14-30(24-11-5-4-10-22(20)24)12-6-9-21(32-17-19-7-2-1-3-8-19)15-29-16-23(25(27)31)28-18-29/h1-5,7-8,10-11,14,16,18,21H,6,9,12,15,17H2,(H2,27,31)/t21-/m0/s1. The number of nitriles is 1. The maximum absolute atomic E-state index is 11.4. The summed E-state index contributed by atoms with van der Waals surface area (Å²) in [5, 5.41) is 10.4. The highest BCUT2D eigenvalue weighted by atomic mass is 16.5. The number of fused-ring (bicyclic) bond motifs is 1. The second-order valence-corrected chi connectivity index (χ2v) is 7.75. The molecular formula is C25H25N5O2. The summed E-state index contributed by atoms with van der Waals surface area (Å²) in [5.41, 5.74) is 8.43. The normalized spacial score (nSPS) is 12.0. The first-order valence-electron chi connectivity index (χ1n) is 10.6. The maximum atomic E-state index is 11.4. The second-order valence-electron chi connectivity index (χ2n) is 7.75. The third-order valence-electron chi connectivity index (χ3n) is 5.46. The molecule has 2 heterocycles. The minimum atomic E-state index is -0.543. The number of aromatic nitrogens is 3. The Hall–Kier alpha value is -3.89. The molecule has 4 rings (SSSR count). The lowest BCUT2D eigenvalue weighted by Gasteiger charge is -2.19. The Morgan fingerprint density at radius 2 is 1.91 bits per heavy atom. The van der Waals surface area contributed by atoms with E-state index in [0.29, 0.717) is 18.7 Å². The van der Waals surface area contributed by atoms with Gasteiger partial charge in [0.15, 0.2) is 0 Å². The van der Waals surface area contributed by atoms with Crippen molar-refractivity contribution in [2.24, 2.45) is 5.73 Å². The zero-order valence-electron chi connectivity index (χ0n) is 17.7. The number of aryl methyl sites for hydroxylation is 1. The van der Waals surface area contributed by atoms with E-state index in [0.717, 1.165) is 35.9 Å². The van der Waals surface area contributed by atoms with Gasteiger partial charge in [0.25, 0.3) is 5.91 Å². The molecule has 0 spiro atoms. The molecule has 162 valence electrons. The van der Waals surface area contributed by atoms with E-state index >= 15 is 0 Å². The SMILES string of the molecule is N#Cc1cn(CCC[C@@H](Cn2cnc(C(N)=O)c2)OCc2ccccc2)c2ccccc12. The predicted octanol–water partition coefficient (Wildman–Crippen LogP) is 3.87. The zero-order valence-corrected chi connectivity index (χ0v) is 17.7. The van der Waals surface area contributed by atoms with Gasteiger partial charge in [-0.15, -0.1) is 0 Å². The molecule has 0 aliphatic rings. The number of rotatable bonds is 10. The lowest BCUT2D eigenvalue weighted by molar-refractivity contribution is 0.0218. The molecule has 0 bridgehead atoms. The molecule has 0 radical (unpaired) electrons. The van der Waals surface area contributed by atoms with E-state index in [1.165, 1.54) is 0 Å². The number of hydrogen-bond donors (Lipinski definition) is 1. The van der Waals surface area contributed by atoms with E-state index in [2.05, 4.69) is 15.6 Å². The van der Waals surface area contributed by atoms with Gasteiger partial charge in [-0.2, -0.15) is 5.26 Å². The van der Waals surface area contributed by atoms with Gasteiger partial charge in [0.2, 0.25) is 0 Å². The fourth-order valence-corrected chi connectivity index (χ4v) is 3.85. The van der Waals surface area contributed by atoms with Crippen LogP contribution in [0.4, 0.5) is 0 Å². The quantitative estimate of drug-likeness (QED) is 0.415. The fourth-order valence-electron chi connectivity index (χ4n) is 3.85. The number of imidazole rings is 1. The molecule has 2 N–H and O–H groups in total. The number of hydrogen-bond acceptors (Lipinski definition) is 4. The molecule has 1 atom stereocenters. The number of nitrogens with two attached hydrogens (primary N) is 1. The van der Waals surface area contributed by atoms with Gasteiger partial charge in [0.05, 0.1) is 24.6 Å². The number of para-hydroxylation sites is 1. The minimum Gasteiger partial charge on any atom is -0.372 e. The fraction of sp³-hybridized carbons (Fsp3) is 0.240. The lowest BCUT2D eigenvalue weighted by atomic mass is 10.1. The highest BCUT2D eigenvalue weighted by Crippen LogP contribution is 2.21. The van der Waals surface area contributed by atoms with E-state index < -0.39 is 5.91 Å². The van der Waals surface area contributed by atoms with Gasteiger partial charge in [-0.05, 0) is 24.5 Å². The van der Waals surface area contributed by atoms with Gasteiger partial charge < -0.3 is 19.6 Å². The zero-order chi connectivity index (χ0) is 22.3. The molecule has 7 nitrogen and oxygen atoms in total. The Kier molecular flexibility index (Phi) is 6.63. The summed E-state index contributed by atoms with van der Waals surface area (Å²) in [6, 6.07) is 20.3. The summed E-state index contributed by atoms with van der Waals surface area (Å²) < 4.78 is 10.2. The number of carbonyl (C=O) groups is 1. The van der Waals surface area contributed by atoms with Crippen LogP contribution in [0.3, 0.4) is 0 Å². The Bertz CT molecular complexity index is 1240. The third-order valence-corrected chi connectivity index (χ3v) is 5.46. The van der Waals surface area contributed by atoms with Gasteiger partial charge in [-0.1, -0.05) is 48.5 Å². The van der Waals surface area contributed by atoms with Crippen LogP contribution in [-0.4, -0.2) is 26.1 Å². The average molecular weight is 428 g/mol. The number of nitrogens with zero attached hydrogens (tertiary/aromatic N) is 4. The molecule has 0 aliphatic heterocycles. The molecule has 0 fully saturated rings. The Morgan fingerprint density at radius 1 is 1.12 bits per heavy atom. The highest BCUT2D eigenvalue weighted by Gasteiger charge is 2.14. The summed E-state index contributed by atoms with van der Waals surface area (Å²) >= 11 is 0. The first kappa shape index (κ1) is 21.3. The first-order chi connectivity index (χ1) is 15.6. The van der Waals surface area contributed by atoms with E-state index in [1.807, 2.05) is 65.4 Å². The van der Waals surface area contributed by atoms with E-state index in [-0.39, 0.29) is 11.8 Å². The van der Waals surface area contributed by atoms with E-state index in [9.17, 15) is 10.1 Å². The molecule has 4 aromatic rings. The van der Waals surface area contributed by atoms with Crippen LogP contribution >= 0.6 is 0 Å².